The molecule has 6 heteroatoms. The number of hydrogen-bond donors (Lipinski definition) is 1. The highest BCUT2D eigenvalue weighted by Gasteiger charge is 2.37. The number of hydrogen-bond acceptors (Lipinski definition) is 3. The van der Waals surface area contributed by atoms with Crippen LogP contribution in [-0.2, 0) is 4.79 Å². The van der Waals surface area contributed by atoms with E-state index in [4.69, 9.17) is 5.73 Å². The molecule has 148 valence electrons. The second-order valence-electron chi connectivity index (χ2n) is 6.81. The normalized spacial score (nSPS) is 19.9. The van der Waals surface area contributed by atoms with Crippen LogP contribution in [0.15, 0.2) is 60.7 Å². The molecular formula is C21H29Cl2N3O. The number of rotatable bonds is 5. The standard InChI is InChI=1S/C21H27N3O.2ClH/c1-3-23(2)20(17-12-8-5-9-13-17)21(25)24-14-18(19(22)15-24)16-10-6-4-7-11-16;;/h4-13,18-20H,3,14-15,22H2,1-2H3;2*1H/t18-,19+,20?;;/m0../s1. The molecule has 1 aliphatic rings. The topological polar surface area (TPSA) is 49.6 Å². The van der Waals surface area contributed by atoms with Crippen LogP contribution in [-0.4, -0.2) is 48.4 Å². The zero-order chi connectivity index (χ0) is 17.8. The Labute approximate surface area is 174 Å². The number of carbonyl (C=O) groups is 1. The molecule has 1 amide bonds. The Bertz CT molecular complexity index is 699. The lowest BCUT2D eigenvalue weighted by atomic mass is 9.95. The predicted molar refractivity (Wildman–Crippen MR) is 116 cm³/mol. The first-order valence-electron chi connectivity index (χ1n) is 8.96. The average Bonchev–Trinajstić information content (AvgIpc) is 3.05. The summed E-state index contributed by atoms with van der Waals surface area (Å²) in [5.74, 6) is 0.345. The lowest BCUT2D eigenvalue weighted by Gasteiger charge is -2.30. The molecule has 3 atom stereocenters. The van der Waals surface area contributed by atoms with Crippen LogP contribution in [0.4, 0.5) is 0 Å². The fourth-order valence-corrected chi connectivity index (χ4v) is 3.64. The van der Waals surface area contributed by atoms with Gasteiger partial charge >= 0.3 is 0 Å². The molecule has 0 bridgehead atoms. The summed E-state index contributed by atoms with van der Waals surface area (Å²) in [5.41, 5.74) is 8.63. The van der Waals surface area contributed by atoms with Crippen molar-refractivity contribution in [3.05, 3.63) is 71.8 Å². The molecule has 2 aromatic carbocycles. The second kappa shape index (κ2) is 10.7. The smallest absolute Gasteiger partial charge is 0.244 e. The summed E-state index contributed by atoms with van der Waals surface area (Å²) in [6.07, 6.45) is 0. The number of likely N-dealkylation sites (N-methyl/N-ethyl adjacent to an activating group) is 1. The van der Waals surface area contributed by atoms with Gasteiger partial charge in [-0.1, -0.05) is 67.6 Å². The quantitative estimate of drug-likeness (QED) is 0.821. The Hall–Kier alpha value is -1.59. The van der Waals surface area contributed by atoms with E-state index in [9.17, 15) is 4.79 Å². The molecule has 2 N–H and O–H groups in total. The monoisotopic (exact) mass is 409 g/mol. The highest BCUT2D eigenvalue weighted by atomic mass is 35.5. The van der Waals surface area contributed by atoms with E-state index in [-0.39, 0.29) is 48.7 Å². The van der Waals surface area contributed by atoms with Crippen LogP contribution in [0.2, 0.25) is 0 Å². The van der Waals surface area contributed by atoms with Crippen LogP contribution in [0.5, 0.6) is 0 Å². The molecule has 27 heavy (non-hydrogen) atoms. The molecule has 1 heterocycles. The lowest BCUT2D eigenvalue weighted by molar-refractivity contribution is -0.135. The number of halogens is 2. The van der Waals surface area contributed by atoms with Gasteiger partial charge in [-0.05, 0) is 24.7 Å². The molecule has 0 spiro atoms. The van der Waals surface area contributed by atoms with Crippen LogP contribution < -0.4 is 5.73 Å². The van der Waals surface area contributed by atoms with E-state index in [0.717, 1.165) is 12.1 Å². The van der Waals surface area contributed by atoms with E-state index in [1.807, 2.05) is 60.5 Å². The molecule has 0 saturated carbocycles. The Morgan fingerprint density at radius 2 is 1.63 bits per heavy atom. The lowest BCUT2D eigenvalue weighted by Crippen LogP contribution is -2.41. The van der Waals surface area contributed by atoms with Crippen molar-refractivity contribution in [2.45, 2.75) is 24.9 Å². The SMILES string of the molecule is CCN(C)C(C(=O)N1C[C@@H](N)[C@H](c2ccccc2)C1)c1ccccc1.Cl.Cl. The zero-order valence-corrected chi connectivity index (χ0v) is 17.5. The van der Waals surface area contributed by atoms with Gasteiger partial charge in [-0.3, -0.25) is 9.69 Å². The Kier molecular flexibility index (Phi) is 9.27. The van der Waals surface area contributed by atoms with Gasteiger partial charge in [0.1, 0.15) is 6.04 Å². The predicted octanol–water partition coefficient (Wildman–Crippen LogP) is 3.48. The number of nitrogens with zero attached hydrogens (tertiary/aromatic N) is 2. The highest BCUT2D eigenvalue weighted by Crippen LogP contribution is 2.30. The third-order valence-electron chi connectivity index (χ3n) is 5.19. The molecule has 1 aliphatic heterocycles. The summed E-state index contributed by atoms with van der Waals surface area (Å²) in [6, 6.07) is 20.0. The minimum absolute atomic E-state index is 0. The van der Waals surface area contributed by atoms with Gasteiger partial charge in [0.2, 0.25) is 5.91 Å². The summed E-state index contributed by atoms with van der Waals surface area (Å²) < 4.78 is 0. The maximum Gasteiger partial charge on any atom is 0.244 e. The van der Waals surface area contributed by atoms with Crippen LogP contribution >= 0.6 is 24.8 Å². The summed E-state index contributed by atoms with van der Waals surface area (Å²) in [4.78, 5) is 17.3. The van der Waals surface area contributed by atoms with Gasteiger partial charge in [-0.15, -0.1) is 24.8 Å². The molecule has 1 saturated heterocycles. The molecule has 2 aromatic rings. The number of amides is 1. The summed E-state index contributed by atoms with van der Waals surface area (Å²) in [7, 11) is 2.00. The van der Waals surface area contributed by atoms with Crippen molar-refractivity contribution in [1.82, 2.24) is 9.80 Å². The maximum atomic E-state index is 13.3. The largest absolute Gasteiger partial charge is 0.339 e. The van der Waals surface area contributed by atoms with Crippen molar-refractivity contribution in [3.8, 4) is 0 Å². The van der Waals surface area contributed by atoms with Crippen LogP contribution in [0.25, 0.3) is 0 Å². The van der Waals surface area contributed by atoms with Crippen molar-refractivity contribution in [3.63, 3.8) is 0 Å². The summed E-state index contributed by atoms with van der Waals surface area (Å²) in [6.45, 7) is 4.18. The summed E-state index contributed by atoms with van der Waals surface area (Å²) >= 11 is 0. The molecule has 0 aliphatic carbocycles. The van der Waals surface area contributed by atoms with E-state index >= 15 is 0 Å². The number of likely N-dealkylation sites (tertiary alicyclic amines) is 1. The summed E-state index contributed by atoms with van der Waals surface area (Å²) in [5, 5.41) is 0. The van der Waals surface area contributed by atoms with Crippen LogP contribution in [0.1, 0.15) is 30.0 Å². The first-order valence-corrected chi connectivity index (χ1v) is 8.96. The van der Waals surface area contributed by atoms with Crippen molar-refractivity contribution in [1.29, 1.82) is 0 Å². The molecule has 0 radical (unpaired) electrons. The van der Waals surface area contributed by atoms with Crippen molar-refractivity contribution in [2.24, 2.45) is 5.73 Å². The van der Waals surface area contributed by atoms with Gasteiger partial charge in [0.05, 0.1) is 0 Å². The Morgan fingerprint density at radius 1 is 1.07 bits per heavy atom. The van der Waals surface area contributed by atoms with Gasteiger partial charge in [0.25, 0.3) is 0 Å². The van der Waals surface area contributed by atoms with Gasteiger partial charge in [0.15, 0.2) is 0 Å². The molecule has 0 aromatic heterocycles. The third-order valence-corrected chi connectivity index (χ3v) is 5.19. The Balaban J connectivity index is 0.00000182. The van der Waals surface area contributed by atoms with Gasteiger partial charge in [-0.25, -0.2) is 0 Å². The van der Waals surface area contributed by atoms with E-state index in [1.165, 1.54) is 5.56 Å². The number of carbonyl (C=O) groups excluding carboxylic acids is 1. The first kappa shape index (κ1) is 23.4. The van der Waals surface area contributed by atoms with Crippen LogP contribution in [0, 0.1) is 0 Å². The fourth-order valence-electron chi connectivity index (χ4n) is 3.64. The second-order valence-corrected chi connectivity index (χ2v) is 6.81. The van der Waals surface area contributed by atoms with Crippen molar-refractivity contribution in [2.75, 3.05) is 26.7 Å². The fraction of sp³-hybridized carbons (Fsp3) is 0.381. The number of nitrogens with two attached hydrogens (primary N) is 1. The molecule has 3 rings (SSSR count). The van der Waals surface area contributed by atoms with Crippen LogP contribution in [0.3, 0.4) is 0 Å². The highest BCUT2D eigenvalue weighted by molar-refractivity contribution is 5.85. The van der Waals surface area contributed by atoms with E-state index in [0.29, 0.717) is 13.1 Å². The minimum atomic E-state index is -0.257. The number of benzene rings is 2. The van der Waals surface area contributed by atoms with Gasteiger partial charge in [0, 0.05) is 25.0 Å². The van der Waals surface area contributed by atoms with Crippen molar-refractivity contribution >= 4 is 30.7 Å². The average molecular weight is 410 g/mol. The van der Waals surface area contributed by atoms with Gasteiger partial charge in [-0.2, -0.15) is 0 Å². The first-order chi connectivity index (χ1) is 12.1. The minimum Gasteiger partial charge on any atom is -0.339 e. The van der Waals surface area contributed by atoms with Crippen molar-refractivity contribution < 1.29 is 4.79 Å². The third kappa shape index (κ3) is 5.23. The molecular weight excluding hydrogens is 381 g/mol. The zero-order valence-electron chi connectivity index (χ0n) is 15.8. The Morgan fingerprint density at radius 3 is 2.19 bits per heavy atom. The molecule has 1 unspecified atom stereocenters. The van der Waals surface area contributed by atoms with E-state index in [2.05, 4.69) is 24.0 Å². The maximum absolute atomic E-state index is 13.3. The molecule has 1 fully saturated rings. The van der Waals surface area contributed by atoms with E-state index in [1.54, 1.807) is 0 Å². The van der Waals surface area contributed by atoms with Gasteiger partial charge < -0.3 is 10.6 Å². The van der Waals surface area contributed by atoms with E-state index < -0.39 is 0 Å². The molecule has 4 nitrogen and oxygen atoms in total.